The van der Waals surface area contributed by atoms with Crippen molar-refractivity contribution in [1.82, 2.24) is 0 Å². The summed E-state index contributed by atoms with van der Waals surface area (Å²) in [6.45, 7) is 6.48. The molecule has 0 rings (SSSR count). The van der Waals surface area contributed by atoms with Gasteiger partial charge < -0.3 is 14.2 Å². The second-order valence-corrected chi connectivity index (χ2v) is 19.5. The van der Waals surface area contributed by atoms with Gasteiger partial charge in [-0.25, -0.2) is 0 Å². The van der Waals surface area contributed by atoms with Crippen molar-refractivity contribution < 1.29 is 28.6 Å². The van der Waals surface area contributed by atoms with E-state index in [1.807, 2.05) is 0 Å². The van der Waals surface area contributed by atoms with E-state index in [1.165, 1.54) is 148 Å². The standard InChI is InChI=1S/C64H110O6/c1-4-7-10-13-16-19-22-25-28-29-30-31-32-33-34-35-37-39-42-45-48-51-54-57-63(66)69-60-61(59-68-62(65)56-53-50-47-44-41-38-27-24-21-18-15-12-9-6-3)70-64(67)58-55-52-49-46-43-40-36-26-23-20-17-14-11-8-5-2/h8,11,17,20,22,24-27,29-30,36,43,46,61H,4-7,9-10,12-16,18-19,21,23,28,31-35,37-42,44-45,47-60H2,1-3H3/b11-8-,20-17-,25-22-,27-24-,30-29-,36-26-,46-43-. The molecule has 1 atom stereocenters. The average Bonchev–Trinajstić information content (AvgIpc) is 3.36. The molecule has 70 heavy (non-hydrogen) atoms. The highest BCUT2D eigenvalue weighted by molar-refractivity contribution is 5.71. The highest BCUT2D eigenvalue weighted by Gasteiger charge is 2.19. The van der Waals surface area contributed by atoms with Gasteiger partial charge in [0.15, 0.2) is 6.10 Å². The molecule has 0 aliphatic rings. The van der Waals surface area contributed by atoms with Gasteiger partial charge in [-0.2, -0.15) is 0 Å². The molecular weight excluding hydrogens is 865 g/mol. The second-order valence-electron chi connectivity index (χ2n) is 19.5. The Kier molecular flexibility index (Phi) is 55.3. The quantitative estimate of drug-likeness (QED) is 0.0261. The third-order valence-electron chi connectivity index (χ3n) is 12.6. The lowest BCUT2D eigenvalue weighted by Crippen LogP contribution is -2.30. The van der Waals surface area contributed by atoms with Crippen molar-refractivity contribution in [2.45, 2.75) is 290 Å². The van der Waals surface area contributed by atoms with E-state index in [2.05, 4.69) is 106 Å². The van der Waals surface area contributed by atoms with E-state index in [1.54, 1.807) is 0 Å². The van der Waals surface area contributed by atoms with E-state index in [9.17, 15) is 14.4 Å². The van der Waals surface area contributed by atoms with Crippen LogP contribution in [-0.4, -0.2) is 37.2 Å². The normalized spacial score (nSPS) is 12.7. The third-order valence-corrected chi connectivity index (χ3v) is 12.6. The first-order valence-electron chi connectivity index (χ1n) is 29.6. The van der Waals surface area contributed by atoms with Crippen LogP contribution in [0.1, 0.15) is 284 Å². The lowest BCUT2D eigenvalue weighted by molar-refractivity contribution is -0.167. The van der Waals surface area contributed by atoms with E-state index in [0.717, 1.165) is 89.9 Å². The molecule has 0 aromatic carbocycles. The molecule has 6 nitrogen and oxygen atoms in total. The topological polar surface area (TPSA) is 78.9 Å². The van der Waals surface area contributed by atoms with Crippen LogP contribution in [0.15, 0.2) is 85.1 Å². The van der Waals surface area contributed by atoms with Gasteiger partial charge in [0.1, 0.15) is 13.2 Å². The Hall–Kier alpha value is -3.41. The molecule has 0 fully saturated rings. The summed E-state index contributed by atoms with van der Waals surface area (Å²) >= 11 is 0. The van der Waals surface area contributed by atoms with Crippen molar-refractivity contribution in [3.05, 3.63) is 85.1 Å². The maximum atomic E-state index is 12.8. The van der Waals surface area contributed by atoms with Gasteiger partial charge >= 0.3 is 17.9 Å². The minimum Gasteiger partial charge on any atom is -0.462 e. The summed E-state index contributed by atoms with van der Waals surface area (Å²) in [4.78, 5) is 38.2. The molecule has 1 unspecified atom stereocenters. The first-order valence-corrected chi connectivity index (χ1v) is 29.6. The number of unbranched alkanes of at least 4 members (excludes halogenated alkanes) is 28. The predicted octanol–water partition coefficient (Wildman–Crippen LogP) is 19.9. The van der Waals surface area contributed by atoms with Crippen molar-refractivity contribution in [2.24, 2.45) is 0 Å². The second kappa shape index (κ2) is 58.2. The summed E-state index contributed by atoms with van der Waals surface area (Å²) in [6.07, 6.45) is 75.8. The molecule has 0 aliphatic heterocycles. The van der Waals surface area contributed by atoms with Gasteiger partial charge in [-0.1, -0.05) is 234 Å². The van der Waals surface area contributed by atoms with E-state index in [-0.39, 0.29) is 37.5 Å². The lowest BCUT2D eigenvalue weighted by atomic mass is 10.0. The summed E-state index contributed by atoms with van der Waals surface area (Å²) in [6, 6.07) is 0. The fourth-order valence-electron chi connectivity index (χ4n) is 8.16. The number of allylic oxidation sites excluding steroid dienone is 14. The van der Waals surface area contributed by atoms with Crippen molar-refractivity contribution in [3.63, 3.8) is 0 Å². The van der Waals surface area contributed by atoms with Gasteiger partial charge in [0.05, 0.1) is 0 Å². The number of esters is 3. The van der Waals surface area contributed by atoms with E-state index in [0.29, 0.717) is 19.3 Å². The number of ether oxygens (including phenoxy) is 3. The number of hydrogen-bond acceptors (Lipinski definition) is 6. The molecular formula is C64H110O6. The minimum atomic E-state index is -0.803. The van der Waals surface area contributed by atoms with Crippen molar-refractivity contribution in [1.29, 1.82) is 0 Å². The Morgan fingerprint density at radius 2 is 0.557 bits per heavy atom. The number of hydrogen-bond donors (Lipinski definition) is 0. The molecule has 0 spiro atoms. The molecule has 0 saturated heterocycles. The molecule has 0 aliphatic carbocycles. The van der Waals surface area contributed by atoms with Crippen molar-refractivity contribution in [3.8, 4) is 0 Å². The van der Waals surface area contributed by atoms with Gasteiger partial charge in [-0.15, -0.1) is 0 Å². The van der Waals surface area contributed by atoms with Crippen LogP contribution in [0.2, 0.25) is 0 Å². The Morgan fingerprint density at radius 1 is 0.300 bits per heavy atom. The fourth-order valence-corrected chi connectivity index (χ4v) is 8.16. The minimum absolute atomic E-state index is 0.0965. The van der Waals surface area contributed by atoms with Crippen LogP contribution in [0.3, 0.4) is 0 Å². The zero-order chi connectivity index (χ0) is 50.7. The Balaban J connectivity index is 4.37. The molecule has 0 saturated carbocycles. The Bertz CT molecular complexity index is 1350. The number of rotatable bonds is 53. The fraction of sp³-hybridized carbons (Fsp3) is 0.734. The van der Waals surface area contributed by atoms with Gasteiger partial charge in [-0.3, -0.25) is 14.4 Å². The van der Waals surface area contributed by atoms with E-state index >= 15 is 0 Å². The summed E-state index contributed by atoms with van der Waals surface area (Å²) < 4.78 is 16.8. The highest BCUT2D eigenvalue weighted by atomic mass is 16.6. The Morgan fingerprint density at radius 3 is 0.914 bits per heavy atom. The first-order chi connectivity index (χ1) is 34.5. The number of carbonyl (C=O) groups is 3. The summed E-state index contributed by atoms with van der Waals surface area (Å²) in [5.74, 6) is -0.943. The molecule has 0 aromatic heterocycles. The number of carbonyl (C=O) groups excluding carboxylic acids is 3. The Labute approximate surface area is 433 Å². The summed E-state index contributed by atoms with van der Waals surface area (Å²) in [5.41, 5.74) is 0. The molecule has 0 heterocycles. The largest absolute Gasteiger partial charge is 0.462 e. The van der Waals surface area contributed by atoms with Crippen LogP contribution in [-0.2, 0) is 28.6 Å². The molecule has 0 radical (unpaired) electrons. The highest BCUT2D eigenvalue weighted by Crippen LogP contribution is 2.15. The molecule has 0 amide bonds. The van der Waals surface area contributed by atoms with Crippen molar-refractivity contribution >= 4 is 17.9 Å². The first kappa shape index (κ1) is 66.6. The molecule has 0 N–H and O–H groups in total. The third kappa shape index (κ3) is 55.5. The zero-order valence-corrected chi connectivity index (χ0v) is 46.0. The molecule has 6 heteroatoms. The summed E-state index contributed by atoms with van der Waals surface area (Å²) in [5, 5.41) is 0. The van der Waals surface area contributed by atoms with Crippen LogP contribution in [0.25, 0.3) is 0 Å². The van der Waals surface area contributed by atoms with E-state index in [4.69, 9.17) is 14.2 Å². The van der Waals surface area contributed by atoms with Gasteiger partial charge in [-0.05, 0) is 116 Å². The predicted molar refractivity (Wildman–Crippen MR) is 302 cm³/mol. The van der Waals surface area contributed by atoms with Crippen LogP contribution < -0.4 is 0 Å². The average molecular weight is 976 g/mol. The smallest absolute Gasteiger partial charge is 0.306 e. The van der Waals surface area contributed by atoms with Crippen LogP contribution >= 0.6 is 0 Å². The molecule has 0 aromatic rings. The summed E-state index contributed by atoms with van der Waals surface area (Å²) in [7, 11) is 0. The monoisotopic (exact) mass is 975 g/mol. The maximum absolute atomic E-state index is 12.8. The zero-order valence-electron chi connectivity index (χ0n) is 46.0. The molecule has 0 bridgehead atoms. The van der Waals surface area contributed by atoms with Gasteiger partial charge in [0.25, 0.3) is 0 Å². The van der Waals surface area contributed by atoms with Crippen LogP contribution in [0, 0.1) is 0 Å². The van der Waals surface area contributed by atoms with E-state index < -0.39 is 6.10 Å². The lowest BCUT2D eigenvalue weighted by Gasteiger charge is -2.18. The van der Waals surface area contributed by atoms with Crippen LogP contribution in [0.5, 0.6) is 0 Å². The van der Waals surface area contributed by atoms with Gasteiger partial charge in [0.2, 0.25) is 0 Å². The van der Waals surface area contributed by atoms with Crippen molar-refractivity contribution in [2.75, 3.05) is 13.2 Å². The van der Waals surface area contributed by atoms with Crippen LogP contribution in [0.4, 0.5) is 0 Å². The SMILES string of the molecule is CC/C=C\C/C=C\C/C=C\C/C=C\CCCCC(=O)OC(COC(=O)CCCCCCC/C=C\CCCCCCC)COC(=O)CCCCCCCCCCCCC/C=C\C/C=C\CCCCCCC. The molecule has 402 valence electrons. The maximum Gasteiger partial charge on any atom is 0.306 e. The van der Waals surface area contributed by atoms with Gasteiger partial charge in [0, 0.05) is 19.3 Å².